The number of nitrogens with zero attached hydrogens (tertiary/aromatic N) is 1. The standard InChI is InChI=1S/C11H8BrFN2O2/c1-6-4-10(15-17-6)11(16)14-7-2-3-8(12)9(13)5-7/h2-5H,1H3,(H,14,16). The number of halogens is 2. The predicted molar refractivity (Wildman–Crippen MR) is 63.3 cm³/mol. The lowest BCUT2D eigenvalue weighted by Crippen LogP contribution is -2.12. The maximum atomic E-state index is 13.2. The molecule has 0 atom stereocenters. The minimum absolute atomic E-state index is 0.158. The first-order chi connectivity index (χ1) is 8.06. The van der Waals surface area contributed by atoms with E-state index in [4.69, 9.17) is 4.52 Å². The first-order valence-corrected chi connectivity index (χ1v) is 5.55. The van der Waals surface area contributed by atoms with Crippen LogP contribution in [-0.4, -0.2) is 11.1 Å². The molecule has 0 saturated heterocycles. The Bertz CT molecular complexity index is 568. The highest BCUT2D eigenvalue weighted by Crippen LogP contribution is 2.19. The molecule has 1 aromatic heterocycles. The number of carbonyl (C=O) groups excluding carboxylic acids is 1. The smallest absolute Gasteiger partial charge is 0.277 e. The average Bonchev–Trinajstić information content (AvgIpc) is 2.70. The lowest BCUT2D eigenvalue weighted by Gasteiger charge is -2.03. The molecule has 1 amide bonds. The van der Waals surface area contributed by atoms with Gasteiger partial charge in [-0.15, -0.1) is 0 Å². The lowest BCUT2D eigenvalue weighted by molar-refractivity contribution is 0.101. The first-order valence-electron chi connectivity index (χ1n) is 4.76. The molecule has 0 spiro atoms. The summed E-state index contributed by atoms with van der Waals surface area (Å²) in [6.45, 7) is 1.68. The van der Waals surface area contributed by atoms with Crippen molar-refractivity contribution in [3.05, 3.63) is 46.0 Å². The van der Waals surface area contributed by atoms with E-state index in [0.29, 0.717) is 15.9 Å². The van der Waals surface area contributed by atoms with Crippen LogP contribution in [0.4, 0.5) is 10.1 Å². The van der Waals surface area contributed by atoms with Gasteiger partial charge in [0.25, 0.3) is 5.91 Å². The molecule has 1 N–H and O–H groups in total. The number of nitrogens with one attached hydrogen (secondary N) is 1. The van der Waals surface area contributed by atoms with Gasteiger partial charge in [-0.3, -0.25) is 4.79 Å². The summed E-state index contributed by atoms with van der Waals surface area (Å²) in [4.78, 5) is 11.7. The van der Waals surface area contributed by atoms with Crippen LogP contribution in [0.25, 0.3) is 0 Å². The monoisotopic (exact) mass is 298 g/mol. The fourth-order valence-electron chi connectivity index (χ4n) is 1.24. The SMILES string of the molecule is Cc1cc(C(=O)Nc2ccc(Br)c(F)c2)no1. The summed E-state index contributed by atoms with van der Waals surface area (Å²) < 4.78 is 18.3. The second kappa shape index (κ2) is 4.67. The van der Waals surface area contributed by atoms with Crippen LogP contribution in [0, 0.1) is 12.7 Å². The number of rotatable bonds is 2. The Balaban J connectivity index is 2.15. The summed E-state index contributed by atoms with van der Waals surface area (Å²) in [5.74, 6) is -0.347. The van der Waals surface area contributed by atoms with Gasteiger partial charge in [-0.2, -0.15) is 0 Å². The van der Waals surface area contributed by atoms with Gasteiger partial charge in [-0.05, 0) is 41.1 Å². The summed E-state index contributed by atoms with van der Waals surface area (Å²) >= 11 is 3.03. The van der Waals surface area contributed by atoms with Gasteiger partial charge >= 0.3 is 0 Å². The van der Waals surface area contributed by atoms with Crippen molar-refractivity contribution in [2.75, 3.05) is 5.32 Å². The maximum Gasteiger partial charge on any atom is 0.277 e. The molecular weight excluding hydrogens is 291 g/mol. The summed E-state index contributed by atoms with van der Waals surface area (Å²) in [7, 11) is 0. The molecule has 88 valence electrons. The molecule has 2 rings (SSSR count). The molecule has 0 fully saturated rings. The number of anilines is 1. The van der Waals surface area contributed by atoms with Gasteiger partial charge in [-0.1, -0.05) is 5.16 Å². The van der Waals surface area contributed by atoms with Crippen molar-refractivity contribution in [2.24, 2.45) is 0 Å². The van der Waals surface area contributed by atoms with Crippen LogP contribution in [0.5, 0.6) is 0 Å². The third kappa shape index (κ3) is 2.71. The Morgan fingerprint density at radius 2 is 2.24 bits per heavy atom. The van der Waals surface area contributed by atoms with E-state index in [9.17, 15) is 9.18 Å². The number of aromatic nitrogens is 1. The Labute approximate surface area is 105 Å². The molecule has 17 heavy (non-hydrogen) atoms. The normalized spacial score (nSPS) is 10.3. The van der Waals surface area contributed by atoms with Gasteiger partial charge in [0, 0.05) is 11.8 Å². The van der Waals surface area contributed by atoms with E-state index in [2.05, 4.69) is 26.4 Å². The van der Waals surface area contributed by atoms with Crippen molar-refractivity contribution in [2.45, 2.75) is 6.92 Å². The molecule has 1 aromatic carbocycles. The van der Waals surface area contributed by atoms with Crippen molar-refractivity contribution in [1.29, 1.82) is 0 Å². The van der Waals surface area contributed by atoms with E-state index in [1.807, 2.05) is 0 Å². The van der Waals surface area contributed by atoms with Crippen LogP contribution in [0.2, 0.25) is 0 Å². The van der Waals surface area contributed by atoms with Crippen molar-refractivity contribution in [1.82, 2.24) is 5.16 Å². The number of hydrogen-bond donors (Lipinski definition) is 1. The van der Waals surface area contributed by atoms with Gasteiger partial charge in [0.15, 0.2) is 5.69 Å². The van der Waals surface area contributed by atoms with Crippen LogP contribution < -0.4 is 5.32 Å². The van der Waals surface area contributed by atoms with Gasteiger partial charge in [-0.25, -0.2) is 4.39 Å². The van der Waals surface area contributed by atoms with Crippen molar-refractivity contribution in [3.63, 3.8) is 0 Å². The quantitative estimate of drug-likeness (QED) is 0.927. The molecule has 0 aliphatic carbocycles. The minimum Gasteiger partial charge on any atom is -0.361 e. The Morgan fingerprint density at radius 3 is 2.82 bits per heavy atom. The zero-order chi connectivity index (χ0) is 12.4. The van der Waals surface area contributed by atoms with Crippen molar-refractivity contribution >= 4 is 27.5 Å². The van der Waals surface area contributed by atoms with E-state index >= 15 is 0 Å². The third-order valence-corrected chi connectivity index (χ3v) is 2.68. The molecule has 4 nitrogen and oxygen atoms in total. The fourth-order valence-corrected chi connectivity index (χ4v) is 1.49. The number of aryl methyl sites for hydroxylation is 1. The van der Waals surface area contributed by atoms with Gasteiger partial charge < -0.3 is 9.84 Å². The van der Waals surface area contributed by atoms with Crippen molar-refractivity contribution < 1.29 is 13.7 Å². The zero-order valence-corrected chi connectivity index (χ0v) is 10.4. The molecule has 0 aliphatic heterocycles. The summed E-state index contributed by atoms with van der Waals surface area (Å²) in [6, 6.07) is 5.82. The second-order valence-electron chi connectivity index (χ2n) is 3.41. The topological polar surface area (TPSA) is 55.1 Å². The molecule has 1 heterocycles. The third-order valence-electron chi connectivity index (χ3n) is 2.04. The van der Waals surface area contributed by atoms with Crippen LogP contribution in [-0.2, 0) is 0 Å². The van der Waals surface area contributed by atoms with Crippen LogP contribution in [0.3, 0.4) is 0 Å². The molecular formula is C11H8BrFN2O2. The van der Waals surface area contributed by atoms with E-state index in [1.165, 1.54) is 18.2 Å². The Morgan fingerprint density at radius 1 is 1.47 bits per heavy atom. The number of hydrogen-bond acceptors (Lipinski definition) is 3. The first kappa shape index (κ1) is 11.8. The van der Waals surface area contributed by atoms with Crippen LogP contribution >= 0.6 is 15.9 Å². The molecule has 0 saturated carbocycles. The minimum atomic E-state index is -0.445. The zero-order valence-electron chi connectivity index (χ0n) is 8.83. The Kier molecular flexibility index (Phi) is 3.23. The van der Waals surface area contributed by atoms with Gasteiger partial charge in [0.1, 0.15) is 11.6 Å². The van der Waals surface area contributed by atoms with E-state index in [-0.39, 0.29) is 5.69 Å². The predicted octanol–water partition coefficient (Wildman–Crippen LogP) is 3.14. The molecule has 0 bridgehead atoms. The molecule has 6 heteroatoms. The van der Waals surface area contributed by atoms with Crippen LogP contribution in [0.1, 0.15) is 16.2 Å². The van der Waals surface area contributed by atoms with Gasteiger partial charge in [0.05, 0.1) is 4.47 Å². The number of carbonyl (C=O) groups is 1. The van der Waals surface area contributed by atoms with Crippen LogP contribution in [0.15, 0.2) is 33.3 Å². The van der Waals surface area contributed by atoms with Gasteiger partial charge in [0.2, 0.25) is 0 Å². The highest BCUT2D eigenvalue weighted by molar-refractivity contribution is 9.10. The largest absolute Gasteiger partial charge is 0.361 e. The van der Waals surface area contributed by atoms with E-state index in [1.54, 1.807) is 13.0 Å². The molecule has 0 aliphatic rings. The summed E-state index contributed by atoms with van der Waals surface area (Å²) in [6.07, 6.45) is 0. The maximum absolute atomic E-state index is 13.2. The second-order valence-corrected chi connectivity index (χ2v) is 4.26. The average molecular weight is 299 g/mol. The molecule has 0 unspecified atom stereocenters. The highest BCUT2D eigenvalue weighted by Gasteiger charge is 2.11. The lowest BCUT2D eigenvalue weighted by atomic mass is 10.3. The Hall–Kier alpha value is -1.69. The van der Waals surface area contributed by atoms with E-state index < -0.39 is 11.7 Å². The van der Waals surface area contributed by atoms with E-state index in [0.717, 1.165) is 0 Å². The molecule has 0 radical (unpaired) electrons. The van der Waals surface area contributed by atoms with Crippen molar-refractivity contribution in [3.8, 4) is 0 Å². The summed E-state index contributed by atoms with van der Waals surface area (Å²) in [5, 5.41) is 6.08. The number of amides is 1. The summed E-state index contributed by atoms with van der Waals surface area (Å²) in [5.41, 5.74) is 0.516. The highest BCUT2D eigenvalue weighted by atomic mass is 79.9. The number of benzene rings is 1. The molecule has 2 aromatic rings. The fraction of sp³-hybridized carbons (Fsp3) is 0.0909.